The van der Waals surface area contributed by atoms with Gasteiger partial charge in [-0.05, 0) is 44.7 Å². The third kappa shape index (κ3) is 5.77. The van der Waals surface area contributed by atoms with Gasteiger partial charge in [0.15, 0.2) is 0 Å². The van der Waals surface area contributed by atoms with Gasteiger partial charge in [0.1, 0.15) is 10.6 Å². The minimum Gasteiger partial charge on any atom is -0.444 e. The number of likely N-dealkylation sites (tertiary alicyclic amines) is 1. The average Bonchev–Trinajstić information content (AvgIpc) is 3.21. The number of alkyl carbamates (subject to hydrolysis) is 1. The van der Waals surface area contributed by atoms with Gasteiger partial charge in [-0.3, -0.25) is 0 Å². The summed E-state index contributed by atoms with van der Waals surface area (Å²) in [6.45, 7) is 11.5. The Morgan fingerprint density at radius 1 is 1.06 bits per heavy atom. The standard InChI is InChI=1S/C27H34N2O2S/c1-6-19(2)24(28-26(30)31-27(3,4)5)25(32)29-22(20-13-9-7-10-14-20)17-18-23(29)21-15-11-8-12-16-21/h6-16,19,22-24H,1,17-18H2,2-5H3,(H,28,30)/t19-,22-,23-,24-/m0/s1. The maximum Gasteiger partial charge on any atom is 0.408 e. The first kappa shape index (κ1) is 24.0. The Bertz CT molecular complexity index is 876. The molecule has 1 fully saturated rings. The summed E-state index contributed by atoms with van der Waals surface area (Å²) in [5, 5.41) is 3.03. The Morgan fingerprint density at radius 3 is 1.94 bits per heavy atom. The minimum absolute atomic E-state index is 0.0523. The molecule has 1 amide bonds. The van der Waals surface area contributed by atoms with E-state index >= 15 is 0 Å². The van der Waals surface area contributed by atoms with E-state index in [1.54, 1.807) is 0 Å². The maximum absolute atomic E-state index is 12.7. The highest BCUT2D eigenvalue weighted by Crippen LogP contribution is 2.45. The molecule has 1 N–H and O–H groups in total. The fourth-order valence-electron chi connectivity index (χ4n) is 4.27. The number of carbonyl (C=O) groups is 1. The van der Waals surface area contributed by atoms with Crippen molar-refractivity contribution in [1.29, 1.82) is 0 Å². The Kier molecular flexibility index (Phi) is 7.73. The predicted octanol–water partition coefficient (Wildman–Crippen LogP) is 6.61. The van der Waals surface area contributed by atoms with E-state index in [0.29, 0.717) is 4.99 Å². The van der Waals surface area contributed by atoms with Crippen molar-refractivity contribution in [3.8, 4) is 0 Å². The van der Waals surface area contributed by atoms with Crippen molar-refractivity contribution in [2.75, 3.05) is 0 Å². The number of hydrogen-bond acceptors (Lipinski definition) is 3. The summed E-state index contributed by atoms with van der Waals surface area (Å²) in [6.07, 6.45) is 3.35. The van der Waals surface area contributed by atoms with Crippen LogP contribution in [-0.4, -0.2) is 27.6 Å². The molecule has 0 aliphatic carbocycles. The average molecular weight is 451 g/mol. The van der Waals surface area contributed by atoms with Gasteiger partial charge in [-0.15, -0.1) is 6.58 Å². The molecular formula is C27H34N2O2S. The number of benzene rings is 2. The molecule has 2 aromatic carbocycles. The largest absolute Gasteiger partial charge is 0.444 e. The van der Waals surface area contributed by atoms with Crippen molar-refractivity contribution in [2.45, 2.75) is 64.3 Å². The van der Waals surface area contributed by atoms with Crippen molar-refractivity contribution in [2.24, 2.45) is 5.92 Å². The van der Waals surface area contributed by atoms with E-state index in [4.69, 9.17) is 17.0 Å². The molecule has 2 aromatic rings. The van der Waals surface area contributed by atoms with Crippen LogP contribution in [0.25, 0.3) is 0 Å². The summed E-state index contributed by atoms with van der Waals surface area (Å²) < 4.78 is 5.54. The number of thiocarbonyl (C=S) groups is 1. The number of amides is 1. The molecule has 0 aromatic heterocycles. The van der Waals surface area contributed by atoms with Crippen molar-refractivity contribution >= 4 is 23.3 Å². The van der Waals surface area contributed by atoms with E-state index < -0.39 is 17.7 Å². The van der Waals surface area contributed by atoms with Crippen LogP contribution in [0.3, 0.4) is 0 Å². The number of carbonyl (C=O) groups excluding carboxylic acids is 1. The van der Waals surface area contributed by atoms with E-state index in [9.17, 15) is 4.79 Å². The van der Waals surface area contributed by atoms with Crippen molar-refractivity contribution in [1.82, 2.24) is 10.2 Å². The van der Waals surface area contributed by atoms with Crippen molar-refractivity contribution < 1.29 is 9.53 Å². The van der Waals surface area contributed by atoms with Gasteiger partial charge in [-0.25, -0.2) is 4.79 Å². The van der Waals surface area contributed by atoms with Crippen molar-refractivity contribution in [3.63, 3.8) is 0 Å². The SMILES string of the molecule is C=C[C@H](C)[C@H](NC(=O)OC(C)(C)C)C(=S)N1[C@H](c2ccccc2)CC[C@H]1c1ccccc1. The number of nitrogens with one attached hydrogen (secondary N) is 1. The molecule has 0 radical (unpaired) electrons. The molecule has 1 saturated heterocycles. The lowest BCUT2D eigenvalue weighted by Crippen LogP contribution is -2.51. The smallest absolute Gasteiger partial charge is 0.408 e. The first-order valence-electron chi connectivity index (χ1n) is 11.3. The number of ether oxygens (including phenoxy) is 1. The van der Waals surface area contributed by atoms with Crippen LogP contribution in [0.4, 0.5) is 4.79 Å². The molecule has 1 aliphatic rings. The highest BCUT2D eigenvalue weighted by Gasteiger charge is 2.40. The minimum atomic E-state index is -0.583. The van der Waals surface area contributed by atoms with Crippen LogP contribution in [0.1, 0.15) is 63.7 Å². The predicted molar refractivity (Wildman–Crippen MR) is 135 cm³/mol. The van der Waals surface area contributed by atoms with E-state index in [0.717, 1.165) is 12.8 Å². The van der Waals surface area contributed by atoms with E-state index in [2.05, 4.69) is 65.3 Å². The Morgan fingerprint density at radius 2 is 1.53 bits per heavy atom. The zero-order chi connectivity index (χ0) is 23.3. The molecule has 32 heavy (non-hydrogen) atoms. The number of hydrogen-bond donors (Lipinski definition) is 1. The molecule has 5 heteroatoms. The molecule has 4 atom stereocenters. The molecule has 170 valence electrons. The third-order valence-corrected chi connectivity index (χ3v) is 6.31. The van der Waals surface area contributed by atoms with Crippen LogP contribution in [0.2, 0.25) is 0 Å². The van der Waals surface area contributed by atoms with Gasteiger partial charge in [0, 0.05) is 5.92 Å². The summed E-state index contributed by atoms with van der Waals surface area (Å²) in [7, 11) is 0. The fourth-order valence-corrected chi connectivity index (χ4v) is 4.80. The first-order valence-corrected chi connectivity index (χ1v) is 11.7. The van der Waals surface area contributed by atoms with E-state index in [1.165, 1.54) is 11.1 Å². The van der Waals surface area contributed by atoms with Gasteiger partial charge in [0.2, 0.25) is 0 Å². The summed E-state index contributed by atoms with van der Waals surface area (Å²) in [5.41, 5.74) is 1.88. The fraction of sp³-hybridized carbons (Fsp3) is 0.407. The third-order valence-electron chi connectivity index (χ3n) is 5.84. The quantitative estimate of drug-likeness (QED) is 0.397. The molecule has 0 saturated carbocycles. The molecule has 4 nitrogen and oxygen atoms in total. The van der Waals surface area contributed by atoms with Crippen LogP contribution in [0.15, 0.2) is 73.3 Å². The Labute approximate surface area is 197 Å². The summed E-state index contributed by atoms with van der Waals surface area (Å²) >= 11 is 6.10. The number of nitrogens with zero attached hydrogens (tertiary/aromatic N) is 1. The van der Waals surface area contributed by atoms with Crippen LogP contribution in [-0.2, 0) is 4.74 Å². The van der Waals surface area contributed by atoms with E-state index in [1.807, 2.05) is 45.9 Å². The topological polar surface area (TPSA) is 41.6 Å². The van der Waals surface area contributed by atoms with E-state index in [-0.39, 0.29) is 18.0 Å². The highest BCUT2D eigenvalue weighted by atomic mass is 32.1. The first-order chi connectivity index (χ1) is 15.2. The molecule has 3 rings (SSSR count). The van der Waals surface area contributed by atoms with Crippen LogP contribution < -0.4 is 5.32 Å². The lowest BCUT2D eigenvalue weighted by Gasteiger charge is -2.38. The second-order valence-corrected chi connectivity index (χ2v) is 9.81. The maximum atomic E-state index is 12.7. The van der Waals surface area contributed by atoms with Gasteiger partial charge < -0.3 is 15.0 Å². The van der Waals surface area contributed by atoms with Crippen molar-refractivity contribution in [3.05, 3.63) is 84.4 Å². The lowest BCUT2D eigenvalue weighted by molar-refractivity contribution is 0.0508. The normalized spacial score (nSPS) is 20.3. The lowest BCUT2D eigenvalue weighted by atomic mass is 9.98. The van der Waals surface area contributed by atoms with Gasteiger partial charge in [-0.1, -0.05) is 85.9 Å². The number of rotatable bonds is 6. The summed E-state index contributed by atoms with van der Waals surface area (Å²) in [4.78, 5) is 15.7. The molecule has 0 bridgehead atoms. The second kappa shape index (κ2) is 10.3. The van der Waals surface area contributed by atoms with Gasteiger partial charge in [0.25, 0.3) is 0 Å². The molecule has 1 heterocycles. The summed E-state index contributed by atoms with van der Waals surface area (Å²) in [5.74, 6) is -0.0523. The summed E-state index contributed by atoms with van der Waals surface area (Å²) in [6, 6.07) is 20.8. The Hall–Kier alpha value is -2.66. The Balaban J connectivity index is 1.96. The molecular weight excluding hydrogens is 416 g/mol. The zero-order valence-corrected chi connectivity index (χ0v) is 20.3. The monoisotopic (exact) mass is 450 g/mol. The highest BCUT2D eigenvalue weighted by molar-refractivity contribution is 7.80. The van der Waals surface area contributed by atoms with Gasteiger partial charge in [-0.2, -0.15) is 0 Å². The molecule has 0 spiro atoms. The second-order valence-electron chi connectivity index (χ2n) is 9.39. The van der Waals surface area contributed by atoms with Crippen LogP contribution >= 0.6 is 12.2 Å². The zero-order valence-electron chi connectivity index (χ0n) is 19.5. The van der Waals surface area contributed by atoms with Crippen LogP contribution in [0.5, 0.6) is 0 Å². The molecule has 1 aliphatic heterocycles. The van der Waals surface area contributed by atoms with Gasteiger partial charge >= 0.3 is 6.09 Å². The van der Waals surface area contributed by atoms with Crippen LogP contribution in [0, 0.1) is 5.92 Å². The van der Waals surface area contributed by atoms with Gasteiger partial charge in [0.05, 0.1) is 18.1 Å². The molecule has 0 unspecified atom stereocenters.